The Kier molecular flexibility index (Phi) is 4.62. The van der Waals surface area contributed by atoms with Crippen LogP contribution in [0.4, 0.5) is 5.69 Å². The summed E-state index contributed by atoms with van der Waals surface area (Å²) in [5.74, 6) is 0. The van der Waals surface area contributed by atoms with Crippen molar-refractivity contribution in [2.45, 2.75) is 31.3 Å². The maximum atomic E-state index is 12.5. The van der Waals surface area contributed by atoms with Gasteiger partial charge in [0.1, 0.15) is 0 Å². The number of piperazine rings is 1. The zero-order chi connectivity index (χ0) is 14.8. The van der Waals surface area contributed by atoms with Crippen molar-refractivity contribution in [1.29, 1.82) is 0 Å². The van der Waals surface area contributed by atoms with Crippen LogP contribution in [0.2, 0.25) is 0 Å². The summed E-state index contributed by atoms with van der Waals surface area (Å²) < 4.78 is 26.5. The number of hydrogen-bond acceptors (Lipinski definition) is 5. The van der Waals surface area contributed by atoms with Crippen molar-refractivity contribution < 1.29 is 8.42 Å². The molecule has 1 aliphatic rings. The van der Waals surface area contributed by atoms with Crippen LogP contribution < -0.4 is 5.73 Å². The molecule has 112 valence electrons. The second-order valence-corrected chi connectivity index (χ2v) is 6.95. The van der Waals surface area contributed by atoms with E-state index in [1.807, 2.05) is 0 Å². The molecule has 0 aromatic carbocycles. The van der Waals surface area contributed by atoms with E-state index in [2.05, 4.69) is 23.7 Å². The van der Waals surface area contributed by atoms with Crippen molar-refractivity contribution in [2.24, 2.45) is 0 Å². The summed E-state index contributed by atoms with van der Waals surface area (Å²) in [6.45, 7) is 6.79. The number of sulfonamides is 1. The number of aromatic nitrogens is 1. The maximum Gasteiger partial charge on any atom is 0.262 e. The van der Waals surface area contributed by atoms with E-state index in [0.717, 1.165) is 19.5 Å². The lowest BCUT2D eigenvalue weighted by molar-refractivity contribution is 0.142. The Morgan fingerprint density at radius 3 is 2.55 bits per heavy atom. The number of nitrogen functional groups attached to an aromatic ring is 1. The molecule has 6 nitrogen and oxygen atoms in total. The third-order valence-electron chi connectivity index (χ3n) is 3.87. The van der Waals surface area contributed by atoms with Gasteiger partial charge in [0, 0.05) is 38.4 Å². The third-order valence-corrected chi connectivity index (χ3v) is 5.75. The average molecular weight is 298 g/mol. The summed E-state index contributed by atoms with van der Waals surface area (Å²) in [5.41, 5.74) is 5.94. The molecule has 0 saturated carbocycles. The van der Waals surface area contributed by atoms with Gasteiger partial charge in [-0.3, -0.25) is 4.90 Å². The van der Waals surface area contributed by atoms with Gasteiger partial charge in [0.15, 0.2) is 5.03 Å². The van der Waals surface area contributed by atoms with Crippen LogP contribution in [-0.4, -0.2) is 54.8 Å². The Morgan fingerprint density at radius 1 is 1.35 bits per heavy atom. The van der Waals surface area contributed by atoms with E-state index in [-0.39, 0.29) is 10.7 Å². The fourth-order valence-corrected chi connectivity index (χ4v) is 3.83. The van der Waals surface area contributed by atoms with Crippen LogP contribution in [0.25, 0.3) is 0 Å². The standard InChI is InChI=1S/C13H22N4O2S/c1-3-11(2)16-7-9-17(10-8-16)20(18,19)13-12(14)5-4-6-15-13/h4-6,11H,3,7-10,14H2,1-2H3. The maximum absolute atomic E-state index is 12.5. The van der Waals surface area contributed by atoms with Crippen LogP contribution >= 0.6 is 0 Å². The Balaban J connectivity index is 2.12. The SMILES string of the molecule is CCC(C)N1CCN(S(=O)(=O)c2ncccc2N)CC1. The lowest BCUT2D eigenvalue weighted by atomic mass is 10.2. The van der Waals surface area contributed by atoms with Crippen molar-refractivity contribution in [3.63, 3.8) is 0 Å². The zero-order valence-corrected chi connectivity index (χ0v) is 12.8. The minimum absolute atomic E-state index is 0.0306. The number of pyridine rings is 1. The molecule has 2 rings (SSSR count). The monoisotopic (exact) mass is 298 g/mol. The van der Waals surface area contributed by atoms with Crippen molar-refractivity contribution in [3.05, 3.63) is 18.3 Å². The molecule has 1 aromatic rings. The summed E-state index contributed by atoms with van der Waals surface area (Å²) in [7, 11) is -3.58. The van der Waals surface area contributed by atoms with Gasteiger partial charge in [-0.15, -0.1) is 0 Å². The second-order valence-electron chi connectivity index (χ2n) is 5.10. The Bertz CT molecular complexity index is 553. The van der Waals surface area contributed by atoms with E-state index in [1.54, 1.807) is 12.1 Å². The molecule has 1 saturated heterocycles. The molecule has 1 unspecified atom stereocenters. The van der Waals surface area contributed by atoms with E-state index >= 15 is 0 Å². The molecule has 20 heavy (non-hydrogen) atoms. The summed E-state index contributed by atoms with van der Waals surface area (Å²) in [4.78, 5) is 6.24. The number of rotatable bonds is 4. The van der Waals surface area contributed by atoms with E-state index in [0.29, 0.717) is 19.1 Å². The first-order valence-corrected chi connectivity index (χ1v) is 8.35. The minimum Gasteiger partial charge on any atom is -0.396 e. The van der Waals surface area contributed by atoms with Crippen LogP contribution in [0.5, 0.6) is 0 Å². The highest BCUT2D eigenvalue weighted by Gasteiger charge is 2.31. The van der Waals surface area contributed by atoms with Crippen LogP contribution in [0.1, 0.15) is 20.3 Å². The number of nitrogens with zero attached hydrogens (tertiary/aromatic N) is 3. The van der Waals surface area contributed by atoms with Crippen LogP contribution in [-0.2, 0) is 10.0 Å². The highest BCUT2D eigenvalue weighted by Crippen LogP contribution is 2.21. The average Bonchev–Trinajstić information content (AvgIpc) is 2.47. The molecule has 1 aliphatic heterocycles. The quantitative estimate of drug-likeness (QED) is 0.888. The Labute approximate surface area is 120 Å². The molecule has 1 fully saturated rings. The molecule has 0 spiro atoms. The van der Waals surface area contributed by atoms with Crippen molar-refractivity contribution >= 4 is 15.7 Å². The Hall–Kier alpha value is -1.18. The molecule has 0 amide bonds. The van der Waals surface area contributed by atoms with Crippen molar-refractivity contribution in [2.75, 3.05) is 31.9 Å². The van der Waals surface area contributed by atoms with Crippen molar-refractivity contribution in [3.8, 4) is 0 Å². The minimum atomic E-state index is -3.58. The first-order valence-electron chi connectivity index (χ1n) is 6.91. The fraction of sp³-hybridized carbons (Fsp3) is 0.615. The number of anilines is 1. The lowest BCUT2D eigenvalue weighted by Gasteiger charge is -2.37. The summed E-state index contributed by atoms with van der Waals surface area (Å²) in [6.07, 6.45) is 2.53. The van der Waals surface area contributed by atoms with E-state index in [9.17, 15) is 8.42 Å². The predicted octanol–water partition coefficient (Wildman–Crippen LogP) is 0.769. The van der Waals surface area contributed by atoms with Gasteiger partial charge in [0.25, 0.3) is 10.0 Å². The molecule has 2 heterocycles. The topological polar surface area (TPSA) is 79.5 Å². The van der Waals surface area contributed by atoms with Gasteiger partial charge >= 0.3 is 0 Å². The van der Waals surface area contributed by atoms with Crippen LogP contribution in [0, 0.1) is 0 Å². The third kappa shape index (κ3) is 2.94. The lowest BCUT2D eigenvalue weighted by Crippen LogP contribution is -2.51. The van der Waals surface area contributed by atoms with Crippen molar-refractivity contribution in [1.82, 2.24) is 14.2 Å². The highest BCUT2D eigenvalue weighted by atomic mass is 32.2. The molecule has 7 heteroatoms. The van der Waals surface area contributed by atoms with Crippen LogP contribution in [0.3, 0.4) is 0 Å². The first-order chi connectivity index (χ1) is 9.46. The Morgan fingerprint density at radius 2 is 2.00 bits per heavy atom. The van der Waals surface area contributed by atoms with Gasteiger partial charge in [-0.05, 0) is 25.5 Å². The molecular formula is C13H22N4O2S. The summed E-state index contributed by atoms with van der Waals surface area (Å²) >= 11 is 0. The van der Waals surface area contributed by atoms with E-state index in [1.165, 1.54) is 10.5 Å². The normalized spacial score (nSPS) is 19.9. The zero-order valence-electron chi connectivity index (χ0n) is 12.0. The molecule has 2 N–H and O–H groups in total. The largest absolute Gasteiger partial charge is 0.396 e. The van der Waals surface area contributed by atoms with E-state index in [4.69, 9.17) is 5.73 Å². The van der Waals surface area contributed by atoms with Crippen LogP contribution in [0.15, 0.2) is 23.4 Å². The predicted molar refractivity (Wildman–Crippen MR) is 78.7 cm³/mol. The summed E-state index contributed by atoms with van der Waals surface area (Å²) in [6, 6.07) is 3.68. The van der Waals surface area contributed by atoms with Gasteiger partial charge in [0.05, 0.1) is 5.69 Å². The second kappa shape index (κ2) is 6.07. The molecule has 1 aromatic heterocycles. The fourth-order valence-electron chi connectivity index (χ4n) is 2.38. The molecule has 1 atom stereocenters. The van der Waals surface area contributed by atoms with Gasteiger partial charge in [-0.25, -0.2) is 13.4 Å². The summed E-state index contributed by atoms with van der Waals surface area (Å²) in [5, 5.41) is -0.0306. The van der Waals surface area contributed by atoms with Gasteiger partial charge in [-0.1, -0.05) is 6.92 Å². The molecular weight excluding hydrogens is 276 g/mol. The van der Waals surface area contributed by atoms with Gasteiger partial charge < -0.3 is 5.73 Å². The number of hydrogen-bond donors (Lipinski definition) is 1. The van der Waals surface area contributed by atoms with E-state index < -0.39 is 10.0 Å². The molecule has 0 aliphatic carbocycles. The smallest absolute Gasteiger partial charge is 0.262 e. The molecule has 0 bridgehead atoms. The van der Waals surface area contributed by atoms with Gasteiger partial charge in [0.2, 0.25) is 0 Å². The van der Waals surface area contributed by atoms with Gasteiger partial charge in [-0.2, -0.15) is 4.31 Å². The highest BCUT2D eigenvalue weighted by molar-refractivity contribution is 7.89. The number of nitrogens with two attached hydrogens (primary N) is 1. The molecule has 0 radical (unpaired) electrons. The first kappa shape index (κ1) is 15.2.